The highest BCUT2D eigenvalue weighted by atomic mass is 127. The van der Waals surface area contributed by atoms with Crippen LogP contribution >= 0.6 is 0 Å². The molecule has 1 nitrogen and oxygen atoms in total. The summed E-state index contributed by atoms with van der Waals surface area (Å²) < 4.78 is 1.11. The van der Waals surface area contributed by atoms with Gasteiger partial charge in [0.1, 0.15) is 6.54 Å². The molecule has 0 fully saturated rings. The van der Waals surface area contributed by atoms with E-state index in [9.17, 15) is 0 Å². The molecule has 0 saturated carbocycles. The number of unbranched alkanes of at least 4 members (excludes halogenated alkanes) is 10. The molecule has 0 bridgehead atoms. The SMILES string of the molecule is CCCCCCCCCCCCC[N+](C)(C)Cc1ccccc1.[I-]. The van der Waals surface area contributed by atoms with Gasteiger partial charge in [-0.05, 0) is 12.8 Å². The molecule has 1 rings (SSSR count). The standard InChI is InChI=1S/C22H40N.HI/c1-4-5-6-7-8-9-10-11-12-13-17-20-23(2,3)21-22-18-15-14-16-19-22;/h14-16,18-19H,4-13,17,20-21H2,1-3H3;1H/q+1;/p-1. The highest BCUT2D eigenvalue weighted by molar-refractivity contribution is 5.13. The van der Waals surface area contributed by atoms with Gasteiger partial charge in [0.05, 0.1) is 20.6 Å². The zero-order valence-corrected chi connectivity index (χ0v) is 18.6. The molecule has 0 radical (unpaired) electrons. The van der Waals surface area contributed by atoms with Crippen molar-refractivity contribution in [1.29, 1.82) is 0 Å². The average molecular weight is 445 g/mol. The van der Waals surface area contributed by atoms with Crippen molar-refractivity contribution < 1.29 is 28.5 Å². The lowest BCUT2D eigenvalue weighted by Gasteiger charge is -2.30. The fourth-order valence-corrected chi connectivity index (χ4v) is 3.36. The molecule has 2 heteroatoms. The minimum Gasteiger partial charge on any atom is -1.00 e. The topological polar surface area (TPSA) is 0 Å². The maximum Gasteiger partial charge on any atom is 0.104 e. The van der Waals surface area contributed by atoms with Gasteiger partial charge in [-0.2, -0.15) is 0 Å². The third kappa shape index (κ3) is 13.2. The van der Waals surface area contributed by atoms with Gasteiger partial charge in [-0.1, -0.05) is 95.0 Å². The molecule has 0 N–H and O–H groups in total. The van der Waals surface area contributed by atoms with Crippen LogP contribution in [0.1, 0.15) is 83.1 Å². The lowest BCUT2D eigenvalue weighted by Crippen LogP contribution is -3.00. The van der Waals surface area contributed by atoms with Gasteiger partial charge < -0.3 is 28.5 Å². The number of hydrogen-bond donors (Lipinski definition) is 0. The maximum atomic E-state index is 2.36. The third-order valence-corrected chi connectivity index (χ3v) is 4.82. The van der Waals surface area contributed by atoms with Crippen molar-refractivity contribution in [2.45, 2.75) is 84.1 Å². The summed E-state index contributed by atoms with van der Waals surface area (Å²) in [5.74, 6) is 0. The Morgan fingerprint density at radius 2 is 1.12 bits per heavy atom. The maximum absolute atomic E-state index is 2.36. The van der Waals surface area contributed by atoms with Crippen molar-refractivity contribution in [2.75, 3.05) is 20.6 Å². The largest absolute Gasteiger partial charge is 1.00 e. The molecule has 0 amide bonds. The first-order valence-corrected chi connectivity index (χ1v) is 10.00. The molecule has 0 aliphatic rings. The molecule has 0 aliphatic carbocycles. The Kier molecular flexibility index (Phi) is 15.1. The third-order valence-electron chi connectivity index (χ3n) is 4.82. The minimum atomic E-state index is 0. The van der Waals surface area contributed by atoms with E-state index < -0.39 is 0 Å². The zero-order valence-electron chi connectivity index (χ0n) is 16.4. The van der Waals surface area contributed by atoms with Crippen LogP contribution in [0.5, 0.6) is 0 Å². The first-order valence-electron chi connectivity index (χ1n) is 10.00. The van der Waals surface area contributed by atoms with Crippen molar-refractivity contribution in [2.24, 2.45) is 0 Å². The molecule has 0 aliphatic heterocycles. The molecule has 140 valence electrons. The van der Waals surface area contributed by atoms with Crippen LogP contribution in [0, 0.1) is 0 Å². The van der Waals surface area contributed by atoms with Gasteiger partial charge in [0.2, 0.25) is 0 Å². The van der Waals surface area contributed by atoms with E-state index in [4.69, 9.17) is 0 Å². The quantitative estimate of drug-likeness (QED) is 0.233. The van der Waals surface area contributed by atoms with E-state index >= 15 is 0 Å². The van der Waals surface area contributed by atoms with Gasteiger partial charge in [0, 0.05) is 5.56 Å². The molecule has 0 heterocycles. The van der Waals surface area contributed by atoms with Crippen LogP contribution in [0.2, 0.25) is 0 Å². The summed E-state index contributed by atoms with van der Waals surface area (Å²) in [7, 11) is 4.73. The van der Waals surface area contributed by atoms with E-state index in [2.05, 4.69) is 51.4 Å². The normalized spacial score (nSPS) is 11.3. The number of hydrogen-bond acceptors (Lipinski definition) is 0. The highest BCUT2D eigenvalue weighted by Gasteiger charge is 2.14. The summed E-state index contributed by atoms with van der Waals surface area (Å²) in [5.41, 5.74) is 1.46. The van der Waals surface area contributed by atoms with Crippen LogP contribution in [-0.2, 0) is 6.54 Å². The van der Waals surface area contributed by atoms with Gasteiger partial charge in [-0.3, -0.25) is 0 Å². The Bertz CT molecular complexity index is 375. The van der Waals surface area contributed by atoms with Crippen molar-refractivity contribution in [3.63, 3.8) is 0 Å². The van der Waals surface area contributed by atoms with Gasteiger partial charge in [-0.15, -0.1) is 0 Å². The number of nitrogens with zero attached hydrogens (tertiary/aromatic N) is 1. The Morgan fingerprint density at radius 3 is 1.62 bits per heavy atom. The Morgan fingerprint density at radius 1 is 0.667 bits per heavy atom. The number of rotatable bonds is 14. The molecular formula is C22H40IN. The van der Waals surface area contributed by atoms with Crippen LogP contribution in [-0.4, -0.2) is 25.1 Å². The number of benzene rings is 1. The molecule has 0 aromatic heterocycles. The van der Waals surface area contributed by atoms with Gasteiger partial charge in [0.15, 0.2) is 0 Å². The minimum absolute atomic E-state index is 0. The Labute approximate surface area is 168 Å². The van der Waals surface area contributed by atoms with E-state index in [0.717, 1.165) is 11.0 Å². The highest BCUT2D eigenvalue weighted by Crippen LogP contribution is 2.14. The molecule has 1 aromatic carbocycles. The first kappa shape index (κ1) is 23.9. The summed E-state index contributed by atoms with van der Waals surface area (Å²) in [6.07, 6.45) is 15.7. The molecule has 24 heavy (non-hydrogen) atoms. The van der Waals surface area contributed by atoms with E-state index in [1.807, 2.05) is 0 Å². The van der Waals surface area contributed by atoms with Gasteiger partial charge in [-0.25, -0.2) is 0 Å². The van der Waals surface area contributed by atoms with Gasteiger partial charge in [0.25, 0.3) is 0 Å². The summed E-state index contributed by atoms with van der Waals surface area (Å²) in [5, 5.41) is 0. The average Bonchev–Trinajstić information content (AvgIpc) is 2.53. The second kappa shape index (κ2) is 15.2. The first-order chi connectivity index (χ1) is 11.1. The zero-order chi connectivity index (χ0) is 16.8. The van der Waals surface area contributed by atoms with Crippen LogP contribution < -0.4 is 24.0 Å². The lowest BCUT2D eigenvalue weighted by atomic mass is 10.1. The fourth-order valence-electron chi connectivity index (χ4n) is 3.36. The predicted molar refractivity (Wildman–Crippen MR) is 104 cm³/mol. The van der Waals surface area contributed by atoms with E-state index in [-0.39, 0.29) is 24.0 Å². The van der Waals surface area contributed by atoms with Crippen molar-refractivity contribution >= 4 is 0 Å². The summed E-state index contributed by atoms with van der Waals surface area (Å²) in [6, 6.07) is 10.9. The molecule has 0 unspecified atom stereocenters. The van der Waals surface area contributed by atoms with Crippen LogP contribution in [0.4, 0.5) is 0 Å². The van der Waals surface area contributed by atoms with Crippen LogP contribution in [0.15, 0.2) is 30.3 Å². The van der Waals surface area contributed by atoms with E-state index in [1.54, 1.807) is 0 Å². The second-order valence-corrected chi connectivity index (χ2v) is 7.84. The van der Waals surface area contributed by atoms with Crippen LogP contribution in [0.25, 0.3) is 0 Å². The van der Waals surface area contributed by atoms with Gasteiger partial charge >= 0.3 is 0 Å². The second-order valence-electron chi connectivity index (χ2n) is 7.84. The van der Waals surface area contributed by atoms with Crippen molar-refractivity contribution in [3.8, 4) is 0 Å². The summed E-state index contributed by atoms with van der Waals surface area (Å²) in [4.78, 5) is 0. The Balaban J connectivity index is 0.00000529. The fraction of sp³-hybridized carbons (Fsp3) is 0.727. The molecule has 1 aromatic rings. The lowest BCUT2D eigenvalue weighted by molar-refractivity contribution is -0.903. The van der Waals surface area contributed by atoms with Crippen molar-refractivity contribution in [3.05, 3.63) is 35.9 Å². The molecule has 0 saturated heterocycles. The number of quaternary nitrogens is 1. The molecule has 0 atom stereocenters. The molecular weight excluding hydrogens is 405 g/mol. The number of halogens is 1. The molecule has 0 spiro atoms. The van der Waals surface area contributed by atoms with E-state index in [1.165, 1.54) is 82.7 Å². The van der Waals surface area contributed by atoms with Crippen molar-refractivity contribution in [1.82, 2.24) is 0 Å². The van der Waals surface area contributed by atoms with E-state index in [0.29, 0.717) is 0 Å². The smallest absolute Gasteiger partial charge is 0.104 e. The Hall–Kier alpha value is -0.0900. The summed E-state index contributed by atoms with van der Waals surface area (Å²) >= 11 is 0. The predicted octanol–water partition coefficient (Wildman–Crippen LogP) is 3.58. The monoisotopic (exact) mass is 445 g/mol. The van der Waals surface area contributed by atoms with Crippen LogP contribution in [0.3, 0.4) is 0 Å². The summed E-state index contributed by atoms with van der Waals surface area (Å²) in [6.45, 7) is 4.74.